The van der Waals surface area contributed by atoms with Gasteiger partial charge in [-0.2, -0.15) is 4.72 Å². The van der Waals surface area contributed by atoms with Crippen molar-refractivity contribution < 1.29 is 22.8 Å². The van der Waals surface area contributed by atoms with Crippen molar-refractivity contribution in [2.45, 2.75) is 10.8 Å². The van der Waals surface area contributed by atoms with E-state index < -0.39 is 23.9 Å². The van der Waals surface area contributed by atoms with E-state index in [2.05, 4.69) is 10.0 Å². The third-order valence-corrected chi connectivity index (χ3v) is 7.19. The summed E-state index contributed by atoms with van der Waals surface area (Å²) < 4.78 is 37.8. The molecule has 0 spiro atoms. The second-order valence-electron chi connectivity index (χ2n) is 3.87. The molecule has 9 nitrogen and oxygen atoms in total. The molecule has 0 unspecified atom stereocenters. The van der Waals surface area contributed by atoms with Gasteiger partial charge < -0.3 is 9.79 Å². The topological polar surface area (TPSA) is 152 Å². The maximum Gasteiger partial charge on any atom is 0.340 e. The molecule has 2 aromatic heterocycles. The summed E-state index contributed by atoms with van der Waals surface area (Å²) in [6, 6.07) is 3.15. The van der Waals surface area contributed by atoms with Crippen LogP contribution < -0.4 is 4.72 Å². The van der Waals surface area contributed by atoms with Crippen molar-refractivity contribution in [2.75, 3.05) is 6.29 Å². The average Bonchev–Trinajstić information content (AvgIpc) is 2.91. The second-order valence-corrected chi connectivity index (χ2v) is 9.76. The molecule has 13 heteroatoms. The quantitative estimate of drug-likeness (QED) is 0.309. The first kappa shape index (κ1) is 16.4. The molecule has 21 heavy (non-hydrogen) atoms. The van der Waals surface area contributed by atoms with Gasteiger partial charge in [-0.3, -0.25) is 4.57 Å². The Kier molecular flexibility index (Phi) is 4.71. The van der Waals surface area contributed by atoms with Crippen LogP contribution in [0, 0.1) is 0 Å². The highest BCUT2D eigenvalue weighted by molar-refractivity contribution is 7.92. The molecule has 0 fully saturated rings. The molecule has 0 aromatic carbocycles. The first-order valence-electron chi connectivity index (χ1n) is 5.28. The summed E-state index contributed by atoms with van der Waals surface area (Å²) in [5.41, 5.74) is 8.24. The fraction of sp³-hybridized carbons (Fsp3) is 0.250. The highest BCUT2D eigenvalue weighted by Crippen LogP contribution is 2.37. The number of fused-ring (bicyclic) bond motifs is 1. The van der Waals surface area contributed by atoms with Crippen molar-refractivity contribution in [1.29, 1.82) is 0 Å². The van der Waals surface area contributed by atoms with E-state index in [1.54, 1.807) is 6.07 Å². The Balaban J connectivity index is 2.24. The third kappa shape index (κ3) is 4.25. The van der Waals surface area contributed by atoms with Gasteiger partial charge in [-0.25, -0.2) is 8.42 Å². The lowest BCUT2D eigenvalue weighted by Crippen LogP contribution is -2.23. The van der Waals surface area contributed by atoms with Crippen LogP contribution >= 0.6 is 30.3 Å². The van der Waals surface area contributed by atoms with E-state index in [-0.39, 0.29) is 10.8 Å². The summed E-state index contributed by atoms with van der Waals surface area (Å²) in [5, 5.41) is 3.42. The van der Waals surface area contributed by atoms with Crippen LogP contribution in [0.1, 0.15) is 4.88 Å². The molecule has 0 atom stereocenters. The maximum atomic E-state index is 11.9. The molecule has 0 aliphatic rings. The Morgan fingerprint density at radius 2 is 2.00 bits per heavy atom. The standard InChI is InChI=1S/C8H9N4O5PS3/c9-12-10-3-5-1-6-7(19-5)2-8(20-6)21(16,17)11-4-18(13,14)15/h1-2,11H,3-4H2,(H2,13,14,15). The molecule has 0 saturated heterocycles. The van der Waals surface area contributed by atoms with Gasteiger partial charge in [-0.15, -0.1) is 22.7 Å². The van der Waals surface area contributed by atoms with Crippen LogP contribution in [0.4, 0.5) is 0 Å². The third-order valence-electron chi connectivity index (χ3n) is 2.25. The molecular formula is C8H9N4O5PS3. The van der Waals surface area contributed by atoms with Gasteiger partial charge in [-0.1, -0.05) is 5.11 Å². The summed E-state index contributed by atoms with van der Waals surface area (Å²) in [6.07, 6.45) is -0.941. The zero-order valence-electron chi connectivity index (χ0n) is 10.2. The predicted octanol–water partition coefficient (Wildman–Crippen LogP) is 2.19. The van der Waals surface area contributed by atoms with E-state index >= 15 is 0 Å². The minimum atomic E-state index is -4.45. The molecule has 0 radical (unpaired) electrons. The largest absolute Gasteiger partial charge is 0.340 e. The first-order valence-corrected chi connectivity index (χ1v) is 10.2. The van der Waals surface area contributed by atoms with E-state index in [4.69, 9.17) is 15.3 Å². The Labute approximate surface area is 127 Å². The fourth-order valence-electron chi connectivity index (χ4n) is 1.42. The van der Waals surface area contributed by atoms with Crippen molar-refractivity contribution >= 4 is 49.7 Å². The van der Waals surface area contributed by atoms with Crippen LogP contribution in [0.25, 0.3) is 19.8 Å². The van der Waals surface area contributed by atoms with Crippen LogP contribution in [0.2, 0.25) is 0 Å². The van der Waals surface area contributed by atoms with Crippen LogP contribution in [-0.4, -0.2) is 24.5 Å². The lowest BCUT2D eigenvalue weighted by molar-refractivity contribution is 0.371. The molecule has 2 aromatic rings. The number of hydrogen-bond donors (Lipinski definition) is 3. The lowest BCUT2D eigenvalue weighted by Gasteiger charge is -2.05. The molecular weight excluding hydrogens is 359 g/mol. The van der Waals surface area contributed by atoms with Crippen molar-refractivity contribution in [1.82, 2.24) is 4.72 Å². The Bertz CT molecular complexity index is 828. The molecule has 2 rings (SSSR count). The molecule has 114 valence electrons. The summed E-state index contributed by atoms with van der Waals surface area (Å²) >= 11 is 2.28. The van der Waals surface area contributed by atoms with Gasteiger partial charge in [0.25, 0.3) is 10.0 Å². The predicted molar refractivity (Wildman–Crippen MR) is 79.8 cm³/mol. The number of nitrogens with zero attached hydrogens (tertiary/aromatic N) is 3. The maximum absolute atomic E-state index is 11.9. The number of azide groups is 1. The number of thiophene rings is 2. The smallest absolute Gasteiger partial charge is 0.324 e. The lowest BCUT2D eigenvalue weighted by atomic mass is 10.4. The van der Waals surface area contributed by atoms with Gasteiger partial charge in [0.05, 0.1) is 6.54 Å². The summed E-state index contributed by atoms with van der Waals surface area (Å²) in [4.78, 5) is 20.8. The van der Waals surface area contributed by atoms with E-state index in [1.165, 1.54) is 17.4 Å². The molecule has 0 amide bonds. The molecule has 0 aliphatic heterocycles. The molecule has 3 N–H and O–H groups in total. The Morgan fingerprint density at radius 1 is 1.33 bits per heavy atom. The van der Waals surface area contributed by atoms with Crippen molar-refractivity contribution in [3.63, 3.8) is 0 Å². The van der Waals surface area contributed by atoms with Crippen molar-refractivity contribution in [3.05, 3.63) is 27.5 Å². The van der Waals surface area contributed by atoms with E-state index in [9.17, 15) is 13.0 Å². The Hall–Kier alpha value is -0.970. The van der Waals surface area contributed by atoms with Gasteiger partial charge in [0.1, 0.15) is 10.5 Å². The van der Waals surface area contributed by atoms with Crippen LogP contribution in [0.5, 0.6) is 0 Å². The highest BCUT2D eigenvalue weighted by Gasteiger charge is 2.22. The number of nitrogens with one attached hydrogen (secondary N) is 1. The van der Waals surface area contributed by atoms with Gasteiger partial charge in [-0.05, 0) is 17.7 Å². The number of rotatable bonds is 6. The van der Waals surface area contributed by atoms with Gasteiger partial charge in [0, 0.05) is 19.2 Å². The van der Waals surface area contributed by atoms with E-state index in [0.717, 1.165) is 16.2 Å². The summed E-state index contributed by atoms with van der Waals surface area (Å²) in [7, 11) is -8.41. The SMILES string of the molecule is [N-]=[N+]=NCc1cc2sc(S(=O)(=O)NCP(=O)(O)O)cc2s1. The molecule has 0 aliphatic carbocycles. The number of hydrogen-bond acceptors (Lipinski definition) is 6. The van der Waals surface area contributed by atoms with Crippen molar-refractivity contribution in [2.24, 2.45) is 5.11 Å². The van der Waals surface area contributed by atoms with Gasteiger partial charge >= 0.3 is 7.60 Å². The van der Waals surface area contributed by atoms with Crippen LogP contribution in [0.3, 0.4) is 0 Å². The zero-order chi connectivity index (χ0) is 15.7. The normalized spacial score (nSPS) is 12.5. The second kappa shape index (κ2) is 6.03. The average molecular weight is 368 g/mol. The van der Waals surface area contributed by atoms with Crippen molar-refractivity contribution in [3.8, 4) is 0 Å². The molecule has 0 bridgehead atoms. The Morgan fingerprint density at radius 3 is 2.57 bits per heavy atom. The van der Waals surface area contributed by atoms with Gasteiger partial charge in [0.15, 0.2) is 0 Å². The van der Waals surface area contributed by atoms with Crippen LogP contribution in [-0.2, 0) is 21.1 Å². The minimum absolute atomic E-state index is 0.0208. The minimum Gasteiger partial charge on any atom is -0.324 e. The molecule has 0 saturated carbocycles. The molecule has 2 heterocycles. The van der Waals surface area contributed by atoms with E-state index in [1.807, 2.05) is 4.72 Å². The summed E-state index contributed by atoms with van der Waals surface area (Å²) in [6.45, 7) is 0.196. The zero-order valence-corrected chi connectivity index (χ0v) is 13.5. The van der Waals surface area contributed by atoms with Crippen LogP contribution in [0.15, 0.2) is 21.5 Å². The first-order chi connectivity index (χ1) is 9.71. The fourth-order valence-corrected chi connectivity index (χ4v) is 6.21. The van der Waals surface area contributed by atoms with E-state index in [0.29, 0.717) is 9.40 Å². The summed E-state index contributed by atoms with van der Waals surface area (Å²) in [5.74, 6) is 0. The monoisotopic (exact) mass is 368 g/mol. The number of sulfonamides is 1. The van der Waals surface area contributed by atoms with Gasteiger partial charge in [0.2, 0.25) is 0 Å². The highest BCUT2D eigenvalue weighted by atomic mass is 32.2.